The summed E-state index contributed by atoms with van der Waals surface area (Å²) in [6.45, 7) is 5.08. The third-order valence-corrected chi connectivity index (χ3v) is 14.6. The zero-order chi connectivity index (χ0) is 33.4. The maximum absolute atomic E-state index is 2.57. The highest BCUT2D eigenvalue weighted by Gasteiger charge is 2.45. The van der Waals surface area contributed by atoms with E-state index < -0.39 is 8.07 Å². The average molecular weight is 655 g/mol. The zero-order valence-corrected chi connectivity index (χ0v) is 29.2. The van der Waals surface area contributed by atoms with Crippen molar-refractivity contribution in [2.24, 2.45) is 0 Å². The van der Waals surface area contributed by atoms with Crippen molar-refractivity contribution in [1.29, 1.82) is 0 Å². The van der Waals surface area contributed by atoms with Crippen LogP contribution in [0.15, 0.2) is 176 Å². The summed E-state index contributed by atoms with van der Waals surface area (Å²) in [5.41, 5.74) is 11.5. The van der Waals surface area contributed by atoms with Crippen LogP contribution in [0.4, 0.5) is 34.1 Å². The van der Waals surface area contributed by atoms with Crippen molar-refractivity contribution < 1.29 is 0 Å². The Labute approximate surface area is 295 Å². The van der Waals surface area contributed by atoms with Gasteiger partial charge in [-0.15, -0.1) is 0 Å². The Morgan fingerprint density at radius 3 is 1.32 bits per heavy atom. The van der Waals surface area contributed by atoms with Crippen LogP contribution in [-0.4, -0.2) is 14.8 Å². The number of nitrogens with zero attached hydrogens (tertiary/aromatic N) is 2. The van der Waals surface area contributed by atoms with Gasteiger partial charge in [-0.25, -0.2) is 0 Å². The van der Waals surface area contributed by atoms with Crippen LogP contribution in [0.3, 0.4) is 0 Å². The van der Waals surface area contributed by atoms with E-state index in [1.165, 1.54) is 82.4 Å². The monoisotopic (exact) mass is 654 g/mol. The molecule has 0 saturated carbocycles. The van der Waals surface area contributed by atoms with Crippen LogP contribution in [-0.2, 0) is 0 Å². The minimum absolute atomic E-state index is 0.0645. The smallest absolute Gasteiger partial charge is 0.252 e. The highest BCUT2D eigenvalue weighted by atomic mass is 28.3. The van der Waals surface area contributed by atoms with Crippen LogP contribution in [0.5, 0.6) is 0 Å². The molecule has 2 heterocycles. The molecular weight excluding hydrogens is 619 g/mol. The molecule has 4 heteroatoms. The first-order chi connectivity index (χ1) is 24.6. The number of benzene rings is 8. The Hall–Kier alpha value is -5.84. The fourth-order valence-electron chi connectivity index (χ4n) is 8.59. The predicted octanol–water partition coefficient (Wildman–Crippen LogP) is 8.90. The second-order valence-corrected chi connectivity index (χ2v) is 18.5. The topological polar surface area (TPSA) is 6.48 Å². The molecule has 0 amide bonds. The maximum atomic E-state index is 2.57. The van der Waals surface area contributed by atoms with E-state index in [4.69, 9.17) is 0 Å². The van der Waals surface area contributed by atoms with Crippen LogP contribution in [0.2, 0.25) is 13.1 Å². The largest absolute Gasteiger partial charge is 0.311 e. The normalized spacial score (nSPS) is 13.3. The van der Waals surface area contributed by atoms with Gasteiger partial charge in [-0.2, -0.15) is 0 Å². The standard InChI is InChI=1S/C46H35BN2Si/c1-50(2,36-22-10-5-11-23-36)37-30-42-44-43(31-37)49(35-20-8-4-9-21-35)46-39-25-15-13-17-33(39)27-29-41(46)47(44)40-28-26-32-16-12-14-24-38(32)45(40)48(42)34-18-6-3-7-19-34/h3-31H,1-2H3. The van der Waals surface area contributed by atoms with Crippen molar-refractivity contribution >= 4 is 97.2 Å². The van der Waals surface area contributed by atoms with Gasteiger partial charge in [0.15, 0.2) is 0 Å². The van der Waals surface area contributed by atoms with E-state index in [0.717, 1.165) is 0 Å². The first-order valence-corrected chi connectivity index (χ1v) is 20.6. The lowest BCUT2D eigenvalue weighted by molar-refractivity contribution is 1.27. The molecule has 0 unspecified atom stereocenters. The third kappa shape index (κ3) is 4.22. The molecule has 0 N–H and O–H groups in total. The minimum Gasteiger partial charge on any atom is -0.311 e. The Morgan fingerprint density at radius 1 is 0.420 bits per heavy atom. The Bertz CT molecular complexity index is 2430. The van der Waals surface area contributed by atoms with Gasteiger partial charge in [0, 0.05) is 44.9 Å². The summed E-state index contributed by atoms with van der Waals surface area (Å²) in [6, 6.07) is 65.5. The van der Waals surface area contributed by atoms with Crippen molar-refractivity contribution in [1.82, 2.24) is 0 Å². The molecule has 2 aliphatic heterocycles. The quantitative estimate of drug-likeness (QED) is 0.175. The van der Waals surface area contributed by atoms with Gasteiger partial charge in [-0.1, -0.05) is 163 Å². The molecule has 0 aliphatic carbocycles. The highest BCUT2D eigenvalue weighted by molar-refractivity contribution is 7.02. The molecule has 2 nitrogen and oxygen atoms in total. The molecule has 236 valence electrons. The summed E-state index contributed by atoms with van der Waals surface area (Å²) in [5, 5.41) is 7.92. The maximum Gasteiger partial charge on any atom is 0.252 e. The molecule has 10 rings (SSSR count). The summed E-state index contributed by atoms with van der Waals surface area (Å²) in [4.78, 5) is 5.14. The molecule has 8 aromatic carbocycles. The lowest BCUT2D eigenvalue weighted by atomic mass is 9.33. The summed E-state index contributed by atoms with van der Waals surface area (Å²) in [5.74, 6) is 0. The van der Waals surface area contributed by atoms with E-state index in [2.05, 4.69) is 199 Å². The average Bonchev–Trinajstić information content (AvgIpc) is 3.18. The summed E-state index contributed by atoms with van der Waals surface area (Å²) >= 11 is 0. The van der Waals surface area contributed by atoms with Gasteiger partial charge in [-0.05, 0) is 63.6 Å². The third-order valence-electron chi connectivity index (χ3n) is 11.1. The Morgan fingerprint density at radius 2 is 0.840 bits per heavy atom. The van der Waals surface area contributed by atoms with Crippen LogP contribution >= 0.6 is 0 Å². The number of hydrogen-bond donors (Lipinski definition) is 0. The van der Waals surface area contributed by atoms with Crippen molar-refractivity contribution in [2.45, 2.75) is 13.1 Å². The minimum atomic E-state index is -2.17. The molecule has 0 fully saturated rings. The van der Waals surface area contributed by atoms with E-state index in [9.17, 15) is 0 Å². The van der Waals surface area contributed by atoms with Gasteiger partial charge < -0.3 is 9.80 Å². The number of anilines is 6. The van der Waals surface area contributed by atoms with E-state index in [0.29, 0.717) is 0 Å². The zero-order valence-electron chi connectivity index (χ0n) is 28.2. The Balaban J connectivity index is 1.40. The van der Waals surface area contributed by atoms with E-state index in [1.807, 2.05) is 0 Å². The molecule has 8 aromatic rings. The molecule has 0 saturated heterocycles. The Kier molecular flexibility index (Phi) is 6.46. The fourth-order valence-corrected chi connectivity index (χ4v) is 10.9. The number of rotatable bonds is 4. The highest BCUT2D eigenvalue weighted by Crippen LogP contribution is 2.47. The second-order valence-electron chi connectivity index (χ2n) is 14.1. The van der Waals surface area contributed by atoms with Crippen molar-refractivity contribution in [3.05, 3.63) is 176 Å². The molecule has 0 aromatic heterocycles. The van der Waals surface area contributed by atoms with Crippen molar-refractivity contribution in [3.63, 3.8) is 0 Å². The molecule has 0 bridgehead atoms. The van der Waals surface area contributed by atoms with Crippen LogP contribution in [0.1, 0.15) is 0 Å². The summed E-state index contributed by atoms with van der Waals surface area (Å²) < 4.78 is 0. The fraction of sp³-hybridized carbons (Fsp3) is 0.0435. The van der Waals surface area contributed by atoms with Crippen LogP contribution < -0.4 is 36.6 Å². The molecule has 0 atom stereocenters. The van der Waals surface area contributed by atoms with Gasteiger partial charge >= 0.3 is 0 Å². The van der Waals surface area contributed by atoms with Crippen LogP contribution in [0.25, 0.3) is 21.5 Å². The molecule has 0 spiro atoms. The number of para-hydroxylation sites is 2. The molecule has 2 aliphatic rings. The van der Waals surface area contributed by atoms with Gasteiger partial charge in [0.05, 0.1) is 0 Å². The summed E-state index contributed by atoms with van der Waals surface area (Å²) in [6.07, 6.45) is 0. The van der Waals surface area contributed by atoms with E-state index in [-0.39, 0.29) is 6.71 Å². The number of hydrogen-bond acceptors (Lipinski definition) is 2. The predicted molar refractivity (Wildman–Crippen MR) is 219 cm³/mol. The lowest BCUT2D eigenvalue weighted by Crippen LogP contribution is -2.63. The van der Waals surface area contributed by atoms with E-state index in [1.54, 1.807) is 0 Å². The van der Waals surface area contributed by atoms with Crippen LogP contribution in [0, 0.1) is 0 Å². The first kappa shape index (κ1) is 29.1. The van der Waals surface area contributed by atoms with Gasteiger partial charge in [0.2, 0.25) is 0 Å². The van der Waals surface area contributed by atoms with Crippen molar-refractivity contribution in [2.75, 3.05) is 9.80 Å². The van der Waals surface area contributed by atoms with Crippen molar-refractivity contribution in [3.8, 4) is 0 Å². The lowest BCUT2D eigenvalue weighted by Gasteiger charge is -2.45. The van der Waals surface area contributed by atoms with Gasteiger partial charge in [-0.3, -0.25) is 0 Å². The molecule has 50 heavy (non-hydrogen) atoms. The van der Waals surface area contributed by atoms with Gasteiger partial charge in [0.25, 0.3) is 6.71 Å². The first-order valence-electron chi connectivity index (χ1n) is 17.6. The van der Waals surface area contributed by atoms with E-state index >= 15 is 0 Å². The summed E-state index contributed by atoms with van der Waals surface area (Å²) in [7, 11) is -2.17. The van der Waals surface area contributed by atoms with Gasteiger partial charge in [0.1, 0.15) is 8.07 Å². The second kappa shape index (κ2) is 11.1. The SMILES string of the molecule is C[Si](C)(c1ccccc1)c1cc2c3c(c1)N(c1ccccc1)c1c(ccc4ccccc14)B3c1ccc3ccccc3c1N2c1ccccc1. The number of fused-ring (bicyclic) bond motifs is 8. The molecular formula is C46H35BN2Si. The molecule has 0 radical (unpaired) electrons.